The van der Waals surface area contributed by atoms with E-state index in [-0.39, 0.29) is 5.91 Å². The predicted molar refractivity (Wildman–Crippen MR) is 74.1 cm³/mol. The highest BCUT2D eigenvalue weighted by atomic mass is 16.4. The van der Waals surface area contributed by atoms with Gasteiger partial charge in [0.25, 0.3) is 0 Å². The summed E-state index contributed by atoms with van der Waals surface area (Å²) in [4.78, 5) is 25.3. The molecular weight excluding hydrogens is 254 g/mol. The van der Waals surface area contributed by atoms with Crippen LogP contribution in [-0.2, 0) is 22.6 Å². The van der Waals surface area contributed by atoms with Crippen molar-refractivity contribution in [2.45, 2.75) is 44.7 Å². The first-order chi connectivity index (χ1) is 9.65. The van der Waals surface area contributed by atoms with Gasteiger partial charge in [-0.05, 0) is 23.5 Å². The Balaban J connectivity index is 1.76. The van der Waals surface area contributed by atoms with Crippen LogP contribution >= 0.6 is 0 Å². The molecule has 4 nitrogen and oxygen atoms in total. The van der Waals surface area contributed by atoms with E-state index in [0.29, 0.717) is 25.3 Å². The molecule has 1 aliphatic carbocycles. The lowest BCUT2D eigenvalue weighted by Crippen LogP contribution is -2.48. The first-order valence-electron chi connectivity index (χ1n) is 7.24. The van der Waals surface area contributed by atoms with Crippen molar-refractivity contribution in [3.05, 3.63) is 35.4 Å². The van der Waals surface area contributed by atoms with E-state index in [0.717, 1.165) is 17.5 Å². The average molecular weight is 273 g/mol. The maximum atomic E-state index is 12.3. The number of hydrogen-bond acceptors (Lipinski definition) is 2. The van der Waals surface area contributed by atoms with Crippen LogP contribution in [0.4, 0.5) is 0 Å². The minimum atomic E-state index is -0.903. The van der Waals surface area contributed by atoms with Crippen LogP contribution in [0.3, 0.4) is 0 Å². The summed E-state index contributed by atoms with van der Waals surface area (Å²) in [6, 6.07) is 7.08. The smallest absolute Gasteiger partial charge is 0.326 e. The Morgan fingerprint density at radius 2 is 1.90 bits per heavy atom. The van der Waals surface area contributed by atoms with Crippen LogP contribution in [0, 0.1) is 5.92 Å². The van der Waals surface area contributed by atoms with Crippen molar-refractivity contribution >= 4 is 11.9 Å². The fourth-order valence-corrected chi connectivity index (χ4v) is 2.88. The van der Waals surface area contributed by atoms with Crippen molar-refractivity contribution in [3.63, 3.8) is 0 Å². The number of nitrogens with zero attached hydrogens (tertiary/aromatic N) is 1. The molecule has 0 bridgehead atoms. The maximum Gasteiger partial charge on any atom is 0.326 e. The van der Waals surface area contributed by atoms with E-state index in [1.807, 2.05) is 24.3 Å². The molecule has 1 aromatic rings. The Kier molecular flexibility index (Phi) is 3.47. The predicted octanol–water partition coefficient (Wildman–Crippen LogP) is 2.21. The summed E-state index contributed by atoms with van der Waals surface area (Å²) in [7, 11) is 0. The van der Waals surface area contributed by atoms with Crippen molar-refractivity contribution in [2.75, 3.05) is 0 Å². The molecule has 1 atom stereocenters. The van der Waals surface area contributed by atoms with Gasteiger partial charge < -0.3 is 10.0 Å². The van der Waals surface area contributed by atoms with Gasteiger partial charge in [-0.15, -0.1) is 0 Å². The van der Waals surface area contributed by atoms with Gasteiger partial charge in [0.15, 0.2) is 0 Å². The van der Waals surface area contributed by atoms with Crippen molar-refractivity contribution < 1.29 is 14.7 Å². The normalized spacial score (nSPS) is 21.4. The monoisotopic (exact) mass is 273 g/mol. The Hall–Kier alpha value is -1.84. The fraction of sp³-hybridized carbons (Fsp3) is 0.500. The van der Waals surface area contributed by atoms with Gasteiger partial charge in [-0.2, -0.15) is 0 Å². The van der Waals surface area contributed by atoms with E-state index in [4.69, 9.17) is 0 Å². The highest BCUT2D eigenvalue weighted by Crippen LogP contribution is 2.34. The molecule has 0 radical (unpaired) electrons. The minimum Gasteiger partial charge on any atom is -0.480 e. The Labute approximate surface area is 118 Å². The van der Waals surface area contributed by atoms with Gasteiger partial charge in [0.1, 0.15) is 6.04 Å². The Morgan fingerprint density at radius 1 is 1.20 bits per heavy atom. The highest BCUT2D eigenvalue weighted by Gasteiger charge is 2.34. The van der Waals surface area contributed by atoms with E-state index in [2.05, 4.69) is 0 Å². The zero-order chi connectivity index (χ0) is 14.1. The van der Waals surface area contributed by atoms with E-state index < -0.39 is 12.0 Å². The zero-order valence-electron chi connectivity index (χ0n) is 11.4. The van der Waals surface area contributed by atoms with Crippen LogP contribution in [0.2, 0.25) is 0 Å². The molecule has 4 heteroatoms. The summed E-state index contributed by atoms with van der Waals surface area (Å²) in [5, 5.41) is 9.38. The molecular formula is C16H19NO3. The van der Waals surface area contributed by atoms with Gasteiger partial charge in [-0.3, -0.25) is 4.79 Å². The number of carbonyl (C=O) groups excluding carboxylic acids is 1. The van der Waals surface area contributed by atoms with Crippen molar-refractivity contribution in [3.8, 4) is 0 Å². The number of aliphatic carboxylic acids is 1. The number of amides is 1. The van der Waals surface area contributed by atoms with Crippen LogP contribution in [0.1, 0.15) is 36.8 Å². The summed E-state index contributed by atoms with van der Waals surface area (Å²) in [6.07, 6.45) is 4.25. The van der Waals surface area contributed by atoms with Gasteiger partial charge >= 0.3 is 5.97 Å². The number of carboxylic acid groups (broad SMARTS) is 1. The van der Waals surface area contributed by atoms with Crippen LogP contribution in [0.25, 0.3) is 0 Å². The molecule has 1 fully saturated rings. The molecule has 1 saturated carbocycles. The standard InChI is InChI=1S/C16H19NO3/c18-15(8-7-11-5-6-11)17-10-13-4-2-1-3-12(13)9-14(17)16(19)20/h1-4,11,14H,5-10H2,(H,19,20). The molecule has 0 saturated heterocycles. The van der Waals surface area contributed by atoms with Crippen LogP contribution in [0.15, 0.2) is 24.3 Å². The first-order valence-corrected chi connectivity index (χ1v) is 7.24. The van der Waals surface area contributed by atoms with Crippen LogP contribution in [0.5, 0.6) is 0 Å². The Morgan fingerprint density at radius 3 is 2.55 bits per heavy atom. The van der Waals surface area contributed by atoms with Crippen molar-refractivity contribution in [2.24, 2.45) is 5.92 Å². The van der Waals surface area contributed by atoms with Crippen LogP contribution in [-0.4, -0.2) is 27.9 Å². The summed E-state index contributed by atoms with van der Waals surface area (Å²) in [6.45, 7) is 0.427. The molecule has 20 heavy (non-hydrogen) atoms. The Bertz CT molecular complexity index is 536. The van der Waals surface area contributed by atoms with Gasteiger partial charge in [0, 0.05) is 19.4 Å². The van der Waals surface area contributed by atoms with Gasteiger partial charge in [-0.25, -0.2) is 4.79 Å². The molecule has 0 aromatic heterocycles. The van der Waals surface area contributed by atoms with Crippen molar-refractivity contribution in [1.82, 2.24) is 4.90 Å². The molecule has 106 valence electrons. The molecule has 0 spiro atoms. The largest absolute Gasteiger partial charge is 0.480 e. The number of carbonyl (C=O) groups is 2. The summed E-state index contributed by atoms with van der Waals surface area (Å²) >= 11 is 0. The second kappa shape index (κ2) is 5.27. The molecule has 1 aliphatic heterocycles. The second-order valence-corrected chi connectivity index (χ2v) is 5.83. The molecule has 1 unspecified atom stereocenters. The minimum absolute atomic E-state index is 0.0150. The quantitative estimate of drug-likeness (QED) is 0.915. The lowest BCUT2D eigenvalue weighted by atomic mass is 9.93. The second-order valence-electron chi connectivity index (χ2n) is 5.83. The lowest BCUT2D eigenvalue weighted by Gasteiger charge is -2.34. The number of hydrogen-bond donors (Lipinski definition) is 1. The number of rotatable bonds is 4. The summed E-state index contributed by atoms with van der Waals surface area (Å²) in [5.74, 6) is -0.225. The molecule has 1 amide bonds. The molecule has 2 aliphatic rings. The maximum absolute atomic E-state index is 12.3. The van der Waals surface area contributed by atoms with Gasteiger partial charge in [-0.1, -0.05) is 37.1 Å². The third-order valence-electron chi connectivity index (χ3n) is 4.32. The average Bonchev–Trinajstić information content (AvgIpc) is 3.27. The molecule has 1 aromatic carbocycles. The molecule has 1 N–H and O–H groups in total. The zero-order valence-corrected chi connectivity index (χ0v) is 11.4. The number of carboxylic acids is 1. The SMILES string of the molecule is O=C(O)C1Cc2ccccc2CN1C(=O)CCC1CC1. The fourth-order valence-electron chi connectivity index (χ4n) is 2.88. The lowest BCUT2D eigenvalue weighted by molar-refractivity contribution is -0.151. The molecule has 3 rings (SSSR count). The van der Waals surface area contributed by atoms with E-state index >= 15 is 0 Å². The van der Waals surface area contributed by atoms with Gasteiger partial charge in [0.05, 0.1) is 0 Å². The van der Waals surface area contributed by atoms with Crippen LogP contribution < -0.4 is 0 Å². The van der Waals surface area contributed by atoms with Crippen molar-refractivity contribution in [1.29, 1.82) is 0 Å². The third kappa shape index (κ3) is 2.69. The summed E-state index contributed by atoms with van der Waals surface area (Å²) < 4.78 is 0. The number of benzene rings is 1. The first kappa shape index (κ1) is 13.2. The topological polar surface area (TPSA) is 57.6 Å². The third-order valence-corrected chi connectivity index (χ3v) is 4.32. The highest BCUT2D eigenvalue weighted by molar-refractivity contribution is 5.84. The summed E-state index contributed by atoms with van der Waals surface area (Å²) in [5.41, 5.74) is 2.12. The van der Waals surface area contributed by atoms with Gasteiger partial charge in [0.2, 0.25) is 5.91 Å². The van der Waals surface area contributed by atoms with E-state index in [1.165, 1.54) is 12.8 Å². The van der Waals surface area contributed by atoms with E-state index in [9.17, 15) is 14.7 Å². The molecule has 1 heterocycles. The number of fused-ring (bicyclic) bond motifs is 1. The van der Waals surface area contributed by atoms with E-state index in [1.54, 1.807) is 4.90 Å².